The fraction of sp³-hybridized carbons (Fsp3) is 0.900. The second kappa shape index (κ2) is 5.14. The predicted octanol–water partition coefficient (Wildman–Crippen LogP) is 0.279. The number of likely N-dealkylation sites (tertiary alicyclic amines) is 1. The van der Waals surface area contributed by atoms with Gasteiger partial charge in [-0.3, -0.25) is 4.79 Å². The van der Waals surface area contributed by atoms with E-state index in [0.717, 1.165) is 32.2 Å². The molecular formula is C10H20N2O3S. The minimum Gasteiger partial charge on any atom is -0.342 e. The molecule has 0 N–H and O–H groups in total. The summed E-state index contributed by atoms with van der Waals surface area (Å²) in [4.78, 5) is 13.6. The summed E-state index contributed by atoms with van der Waals surface area (Å²) in [5, 5.41) is 0. The Labute approximate surface area is 97.5 Å². The van der Waals surface area contributed by atoms with Crippen LogP contribution in [0.2, 0.25) is 0 Å². The van der Waals surface area contributed by atoms with Crippen molar-refractivity contribution in [3.8, 4) is 0 Å². The normalized spacial score (nSPS) is 17.4. The molecule has 0 radical (unpaired) electrons. The predicted molar refractivity (Wildman–Crippen MR) is 62.5 cm³/mol. The number of hydrogen-bond donors (Lipinski definition) is 0. The first kappa shape index (κ1) is 13.4. The maximum atomic E-state index is 11.8. The molecule has 1 aliphatic rings. The van der Waals surface area contributed by atoms with Crippen LogP contribution >= 0.6 is 0 Å². The molecule has 1 fully saturated rings. The average Bonchev–Trinajstić information content (AvgIpc) is 2.63. The van der Waals surface area contributed by atoms with Gasteiger partial charge in [0.25, 0.3) is 0 Å². The first-order valence-electron chi connectivity index (χ1n) is 5.57. The van der Waals surface area contributed by atoms with Crippen molar-refractivity contribution in [2.45, 2.75) is 32.7 Å². The Morgan fingerprint density at radius 2 is 1.81 bits per heavy atom. The van der Waals surface area contributed by atoms with Gasteiger partial charge in [0.1, 0.15) is 0 Å². The van der Waals surface area contributed by atoms with E-state index in [2.05, 4.69) is 0 Å². The van der Waals surface area contributed by atoms with Crippen LogP contribution in [0.4, 0.5) is 0 Å². The Bertz CT molecular complexity index is 345. The highest BCUT2D eigenvalue weighted by Crippen LogP contribution is 2.11. The molecular weight excluding hydrogens is 228 g/mol. The van der Waals surface area contributed by atoms with Crippen LogP contribution in [-0.4, -0.2) is 55.5 Å². The van der Waals surface area contributed by atoms with Gasteiger partial charge in [-0.25, -0.2) is 8.42 Å². The van der Waals surface area contributed by atoms with E-state index in [9.17, 15) is 13.2 Å². The fourth-order valence-electron chi connectivity index (χ4n) is 1.88. The molecule has 0 saturated carbocycles. The molecule has 0 aliphatic carbocycles. The minimum absolute atomic E-state index is 0.0312. The zero-order valence-corrected chi connectivity index (χ0v) is 11.0. The molecule has 5 nitrogen and oxygen atoms in total. The van der Waals surface area contributed by atoms with E-state index in [1.807, 2.05) is 0 Å². The van der Waals surface area contributed by atoms with Gasteiger partial charge in [0, 0.05) is 19.1 Å². The highest BCUT2D eigenvalue weighted by atomic mass is 32.2. The first-order chi connectivity index (χ1) is 7.32. The molecule has 0 atom stereocenters. The van der Waals surface area contributed by atoms with Gasteiger partial charge in [0.2, 0.25) is 15.9 Å². The smallest absolute Gasteiger partial charge is 0.237 e. The lowest BCUT2D eigenvalue weighted by molar-refractivity contribution is -0.130. The van der Waals surface area contributed by atoms with Gasteiger partial charge < -0.3 is 4.90 Å². The molecule has 16 heavy (non-hydrogen) atoms. The zero-order chi connectivity index (χ0) is 12.3. The second-order valence-corrected chi connectivity index (χ2v) is 6.42. The molecule has 1 amide bonds. The highest BCUT2D eigenvalue weighted by Gasteiger charge is 2.26. The molecule has 0 unspecified atom stereocenters. The molecule has 94 valence electrons. The summed E-state index contributed by atoms with van der Waals surface area (Å²) in [7, 11) is -3.30. The van der Waals surface area contributed by atoms with Crippen LogP contribution in [0.25, 0.3) is 0 Å². The topological polar surface area (TPSA) is 57.7 Å². The van der Waals surface area contributed by atoms with E-state index in [-0.39, 0.29) is 18.5 Å². The summed E-state index contributed by atoms with van der Waals surface area (Å²) < 4.78 is 24.2. The summed E-state index contributed by atoms with van der Waals surface area (Å²) in [5.74, 6) is -0.0865. The Morgan fingerprint density at radius 1 is 1.31 bits per heavy atom. The van der Waals surface area contributed by atoms with Gasteiger partial charge >= 0.3 is 0 Å². The number of carbonyl (C=O) groups excluding carboxylic acids is 1. The van der Waals surface area contributed by atoms with Crippen LogP contribution in [0, 0.1) is 0 Å². The highest BCUT2D eigenvalue weighted by molar-refractivity contribution is 7.88. The van der Waals surface area contributed by atoms with E-state index in [4.69, 9.17) is 0 Å². The average molecular weight is 248 g/mol. The summed E-state index contributed by atoms with van der Waals surface area (Å²) in [6.07, 6.45) is 3.18. The van der Waals surface area contributed by atoms with Crippen LogP contribution < -0.4 is 0 Å². The van der Waals surface area contributed by atoms with Gasteiger partial charge in [0.05, 0.1) is 12.8 Å². The van der Waals surface area contributed by atoms with Crippen molar-refractivity contribution >= 4 is 15.9 Å². The molecule has 0 spiro atoms. The number of amides is 1. The van der Waals surface area contributed by atoms with E-state index in [1.54, 1.807) is 18.7 Å². The van der Waals surface area contributed by atoms with Crippen LogP contribution in [-0.2, 0) is 14.8 Å². The maximum Gasteiger partial charge on any atom is 0.237 e. The summed E-state index contributed by atoms with van der Waals surface area (Å²) >= 11 is 0. The number of hydrogen-bond acceptors (Lipinski definition) is 3. The quantitative estimate of drug-likeness (QED) is 0.718. The fourth-order valence-corrected chi connectivity index (χ4v) is 2.99. The van der Waals surface area contributed by atoms with Crippen molar-refractivity contribution in [3.63, 3.8) is 0 Å². The van der Waals surface area contributed by atoms with Crippen molar-refractivity contribution in [2.24, 2.45) is 0 Å². The standard InChI is InChI=1S/C10H20N2O3S/c1-9(2)12(16(3,14)15)8-10(13)11-6-4-5-7-11/h9H,4-8H2,1-3H3. The molecule has 1 aliphatic heterocycles. The van der Waals surface area contributed by atoms with E-state index >= 15 is 0 Å². The number of carbonyl (C=O) groups is 1. The Hall–Kier alpha value is -0.620. The summed E-state index contributed by atoms with van der Waals surface area (Å²) in [5.41, 5.74) is 0. The molecule has 0 bridgehead atoms. The number of sulfonamides is 1. The Kier molecular flexibility index (Phi) is 4.32. The van der Waals surface area contributed by atoms with Gasteiger partial charge in [-0.2, -0.15) is 4.31 Å². The third-order valence-corrected chi connectivity index (χ3v) is 4.15. The van der Waals surface area contributed by atoms with Gasteiger partial charge in [-0.05, 0) is 26.7 Å². The van der Waals surface area contributed by atoms with Crippen molar-refractivity contribution in [3.05, 3.63) is 0 Å². The lowest BCUT2D eigenvalue weighted by atomic mass is 10.4. The van der Waals surface area contributed by atoms with Crippen LogP contribution in [0.15, 0.2) is 0 Å². The lowest BCUT2D eigenvalue weighted by Gasteiger charge is -2.25. The van der Waals surface area contributed by atoms with Crippen LogP contribution in [0.5, 0.6) is 0 Å². The monoisotopic (exact) mass is 248 g/mol. The van der Waals surface area contributed by atoms with Gasteiger partial charge in [0.15, 0.2) is 0 Å². The molecule has 1 heterocycles. The van der Waals surface area contributed by atoms with E-state index in [0.29, 0.717) is 0 Å². The largest absolute Gasteiger partial charge is 0.342 e. The summed E-state index contributed by atoms with van der Waals surface area (Å²) in [6.45, 7) is 5.04. The lowest BCUT2D eigenvalue weighted by Crippen LogP contribution is -2.44. The van der Waals surface area contributed by atoms with E-state index < -0.39 is 10.0 Å². The number of rotatable bonds is 4. The van der Waals surface area contributed by atoms with Crippen molar-refractivity contribution in [1.29, 1.82) is 0 Å². The third kappa shape index (κ3) is 3.45. The molecule has 0 aromatic heterocycles. The summed E-state index contributed by atoms with van der Waals surface area (Å²) in [6, 6.07) is -0.179. The molecule has 6 heteroatoms. The Balaban J connectivity index is 2.65. The molecule has 1 saturated heterocycles. The van der Waals surface area contributed by atoms with Gasteiger partial charge in [-0.15, -0.1) is 0 Å². The van der Waals surface area contributed by atoms with Crippen molar-refractivity contribution in [2.75, 3.05) is 25.9 Å². The molecule has 1 rings (SSSR count). The van der Waals surface area contributed by atoms with Crippen molar-refractivity contribution in [1.82, 2.24) is 9.21 Å². The second-order valence-electron chi connectivity index (χ2n) is 4.49. The van der Waals surface area contributed by atoms with Crippen LogP contribution in [0.1, 0.15) is 26.7 Å². The SMILES string of the molecule is CC(C)N(CC(=O)N1CCCC1)S(C)(=O)=O. The first-order valence-corrected chi connectivity index (χ1v) is 7.42. The van der Waals surface area contributed by atoms with Crippen molar-refractivity contribution < 1.29 is 13.2 Å². The molecule has 0 aromatic rings. The number of nitrogens with zero attached hydrogens (tertiary/aromatic N) is 2. The molecule has 0 aromatic carbocycles. The van der Waals surface area contributed by atoms with E-state index in [1.165, 1.54) is 4.31 Å². The van der Waals surface area contributed by atoms with Gasteiger partial charge in [-0.1, -0.05) is 0 Å². The minimum atomic E-state index is -3.30. The Morgan fingerprint density at radius 3 is 2.19 bits per heavy atom. The van der Waals surface area contributed by atoms with Crippen LogP contribution in [0.3, 0.4) is 0 Å². The zero-order valence-electron chi connectivity index (χ0n) is 10.1. The third-order valence-electron chi connectivity index (χ3n) is 2.75. The maximum absolute atomic E-state index is 11.8.